The van der Waals surface area contributed by atoms with E-state index < -0.39 is 0 Å². The Morgan fingerprint density at radius 3 is 2.55 bits per heavy atom. The Morgan fingerprint density at radius 1 is 1.16 bits per heavy atom. The summed E-state index contributed by atoms with van der Waals surface area (Å²) in [5.74, 6) is 0.174. The number of aliphatic imine (C=N–C) groups is 1. The molecule has 0 saturated heterocycles. The van der Waals surface area contributed by atoms with Gasteiger partial charge >= 0.3 is 0 Å². The number of carbonyl (C=O) groups excluding carboxylic acids is 1. The number of fused-ring (bicyclic) bond motifs is 1. The molecule has 6 nitrogen and oxygen atoms in total. The van der Waals surface area contributed by atoms with Gasteiger partial charge in [-0.15, -0.1) is 0 Å². The Kier molecular flexibility index (Phi) is 7.15. The van der Waals surface area contributed by atoms with Crippen LogP contribution in [-0.4, -0.2) is 17.1 Å². The highest BCUT2D eigenvalue weighted by molar-refractivity contribution is 6.34. The molecule has 0 radical (unpaired) electrons. The molecule has 0 saturated carbocycles. The van der Waals surface area contributed by atoms with Crippen molar-refractivity contribution in [1.29, 1.82) is 0 Å². The number of pyridine rings is 1. The number of nitrogens with one attached hydrogen (secondary N) is 1. The number of aromatic nitrogens is 1. The number of rotatable bonds is 6. The topological polar surface area (TPSA) is 106 Å². The molecular formula is C23H23Cl2N5O. The Morgan fingerprint density at radius 2 is 1.87 bits per heavy atom. The van der Waals surface area contributed by atoms with E-state index in [1.165, 1.54) is 12.4 Å². The number of nitrogen functional groups attached to an aromatic ring is 1. The maximum Gasteiger partial charge on any atom is 0.254 e. The van der Waals surface area contributed by atoms with Crippen molar-refractivity contribution >= 4 is 51.9 Å². The molecule has 1 amide bonds. The lowest BCUT2D eigenvalue weighted by Gasteiger charge is -2.15. The molecule has 0 aliphatic carbocycles. The van der Waals surface area contributed by atoms with E-state index in [4.69, 9.17) is 34.7 Å². The van der Waals surface area contributed by atoms with Crippen LogP contribution in [0.3, 0.4) is 0 Å². The van der Waals surface area contributed by atoms with Crippen LogP contribution in [0.2, 0.25) is 10.0 Å². The molecule has 0 fully saturated rings. The first-order valence-electron chi connectivity index (χ1n) is 9.58. The zero-order valence-corrected chi connectivity index (χ0v) is 18.8. The van der Waals surface area contributed by atoms with Crippen molar-refractivity contribution in [2.45, 2.75) is 26.9 Å². The molecule has 0 aliphatic heterocycles. The molecule has 0 aliphatic rings. The van der Waals surface area contributed by atoms with Gasteiger partial charge in [-0.2, -0.15) is 0 Å². The minimum atomic E-state index is -0.316. The van der Waals surface area contributed by atoms with Crippen molar-refractivity contribution in [3.8, 4) is 0 Å². The van der Waals surface area contributed by atoms with Crippen LogP contribution in [-0.2, 0) is 17.9 Å². The third-order valence-corrected chi connectivity index (χ3v) is 5.44. The van der Waals surface area contributed by atoms with Crippen molar-refractivity contribution in [2.24, 2.45) is 10.7 Å². The first-order chi connectivity index (χ1) is 14.8. The number of halogens is 2. The van der Waals surface area contributed by atoms with Crippen LogP contribution in [0.25, 0.3) is 10.8 Å². The number of aryl methyl sites for hydroxylation is 2. The third-order valence-electron chi connectivity index (χ3n) is 5.01. The normalized spacial score (nSPS) is 11.9. The van der Waals surface area contributed by atoms with Crippen LogP contribution in [0.4, 0.5) is 5.82 Å². The Balaban J connectivity index is 1.70. The molecule has 2 aromatic carbocycles. The van der Waals surface area contributed by atoms with Crippen LogP contribution in [0.15, 0.2) is 53.3 Å². The lowest BCUT2D eigenvalue weighted by atomic mass is 9.96. The summed E-state index contributed by atoms with van der Waals surface area (Å²) in [5, 5.41) is 5.89. The van der Waals surface area contributed by atoms with Gasteiger partial charge in [-0.1, -0.05) is 23.2 Å². The van der Waals surface area contributed by atoms with Crippen LogP contribution < -0.4 is 16.8 Å². The summed E-state index contributed by atoms with van der Waals surface area (Å²) >= 11 is 12.0. The highest BCUT2D eigenvalue weighted by Gasteiger charge is 2.12. The van der Waals surface area contributed by atoms with Gasteiger partial charge in [0.15, 0.2) is 0 Å². The summed E-state index contributed by atoms with van der Waals surface area (Å²) in [6, 6.07) is 9.10. The van der Waals surface area contributed by atoms with Gasteiger partial charge in [-0.25, -0.2) is 4.98 Å². The van der Waals surface area contributed by atoms with E-state index in [0.717, 1.165) is 33.0 Å². The first kappa shape index (κ1) is 22.6. The molecule has 3 rings (SSSR count). The van der Waals surface area contributed by atoms with Crippen molar-refractivity contribution in [2.75, 3.05) is 5.73 Å². The highest BCUT2D eigenvalue weighted by atomic mass is 35.5. The number of anilines is 1. The van der Waals surface area contributed by atoms with E-state index in [1.54, 1.807) is 24.4 Å². The quantitative estimate of drug-likeness (QED) is 0.376. The van der Waals surface area contributed by atoms with Crippen molar-refractivity contribution < 1.29 is 4.79 Å². The van der Waals surface area contributed by atoms with E-state index in [-0.39, 0.29) is 11.5 Å². The van der Waals surface area contributed by atoms with Crippen molar-refractivity contribution in [3.63, 3.8) is 0 Å². The fraction of sp³-hybridized carbons (Fsp3) is 0.174. The largest absolute Gasteiger partial charge is 0.404 e. The monoisotopic (exact) mass is 455 g/mol. The number of hydrogen-bond donors (Lipinski definition) is 3. The van der Waals surface area contributed by atoms with E-state index in [9.17, 15) is 4.79 Å². The summed E-state index contributed by atoms with van der Waals surface area (Å²) in [6.07, 6.45) is 4.36. The Labute approximate surface area is 191 Å². The van der Waals surface area contributed by atoms with E-state index in [0.29, 0.717) is 29.0 Å². The summed E-state index contributed by atoms with van der Waals surface area (Å²) < 4.78 is 0. The molecule has 3 aromatic rings. The average Bonchev–Trinajstić information content (AvgIpc) is 2.71. The number of hydrogen-bond acceptors (Lipinski definition) is 5. The summed E-state index contributed by atoms with van der Waals surface area (Å²) in [7, 11) is 0. The van der Waals surface area contributed by atoms with Crippen LogP contribution in [0.5, 0.6) is 0 Å². The molecule has 5 N–H and O–H groups in total. The van der Waals surface area contributed by atoms with Gasteiger partial charge in [0.05, 0.1) is 12.1 Å². The van der Waals surface area contributed by atoms with Gasteiger partial charge in [0, 0.05) is 40.6 Å². The second-order valence-electron chi connectivity index (χ2n) is 7.14. The SMILES string of the molecule is Cc1cc2c(N)nccc2c(C)c1CNC(=O)/C(C=NCc1cc(Cl)cc(Cl)c1)=C/N. The van der Waals surface area contributed by atoms with Gasteiger partial charge in [-0.05, 0) is 71.8 Å². The van der Waals surface area contributed by atoms with Gasteiger partial charge < -0.3 is 16.8 Å². The summed E-state index contributed by atoms with van der Waals surface area (Å²) in [5.41, 5.74) is 15.8. The molecule has 0 bridgehead atoms. The summed E-state index contributed by atoms with van der Waals surface area (Å²) in [6.45, 7) is 4.66. The van der Waals surface area contributed by atoms with Gasteiger partial charge in [0.25, 0.3) is 5.91 Å². The molecule has 0 atom stereocenters. The molecule has 160 valence electrons. The number of benzene rings is 2. The highest BCUT2D eigenvalue weighted by Crippen LogP contribution is 2.27. The number of carbonyl (C=O) groups is 1. The summed E-state index contributed by atoms with van der Waals surface area (Å²) in [4.78, 5) is 21.0. The van der Waals surface area contributed by atoms with E-state index in [1.807, 2.05) is 26.0 Å². The van der Waals surface area contributed by atoms with Crippen LogP contribution in [0, 0.1) is 13.8 Å². The Bertz CT molecular complexity index is 1180. The van der Waals surface area contributed by atoms with Gasteiger partial charge in [-0.3, -0.25) is 9.79 Å². The van der Waals surface area contributed by atoms with Crippen LogP contribution in [0.1, 0.15) is 22.3 Å². The first-order valence-corrected chi connectivity index (χ1v) is 10.3. The van der Waals surface area contributed by atoms with E-state index >= 15 is 0 Å². The third kappa shape index (κ3) is 5.34. The second-order valence-corrected chi connectivity index (χ2v) is 8.01. The average molecular weight is 456 g/mol. The van der Waals surface area contributed by atoms with E-state index in [2.05, 4.69) is 15.3 Å². The smallest absolute Gasteiger partial charge is 0.254 e. The fourth-order valence-electron chi connectivity index (χ4n) is 3.40. The number of nitrogens with two attached hydrogens (primary N) is 2. The molecule has 1 aromatic heterocycles. The number of nitrogens with zero attached hydrogens (tertiary/aromatic N) is 2. The van der Waals surface area contributed by atoms with Gasteiger partial charge in [0.2, 0.25) is 0 Å². The minimum Gasteiger partial charge on any atom is -0.404 e. The zero-order valence-electron chi connectivity index (χ0n) is 17.2. The maximum absolute atomic E-state index is 12.6. The molecule has 0 unspecified atom stereocenters. The molecule has 1 heterocycles. The lowest BCUT2D eigenvalue weighted by Crippen LogP contribution is -2.26. The zero-order chi connectivity index (χ0) is 22.5. The predicted molar refractivity (Wildman–Crippen MR) is 128 cm³/mol. The lowest BCUT2D eigenvalue weighted by molar-refractivity contribution is -0.117. The van der Waals surface area contributed by atoms with Crippen LogP contribution >= 0.6 is 23.2 Å². The minimum absolute atomic E-state index is 0.262. The molecule has 0 spiro atoms. The Hall–Kier alpha value is -3.09. The van der Waals surface area contributed by atoms with Crippen molar-refractivity contribution in [1.82, 2.24) is 10.3 Å². The van der Waals surface area contributed by atoms with Gasteiger partial charge in [0.1, 0.15) is 5.82 Å². The standard InChI is InChI=1S/C23H23Cl2N5O/c1-13-5-20-19(3-4-29-22(20)27)14(2)21(13)12-30-23(31)16(9-26)11-28-10-15-6-17(24)8-18(25)7-15/h3-9,11H,10,12,26H2,1-2H3,(H2,27,29)(H,30,31)/b16-9+,28-11?. The maximum atomic E-state index is 12.6. The number of amides is 1. The van der Waals surface area contributed by atoms with Crippen molar-refractivity contribution in [3.05, 3.63) is 80.6 Å². The molecular weight excluding hydrogens is 433 g/mol. The molecule has 8 heteroatoms. The molecule has 31 heavy (non-hydrogen) atoms. The fourth-order valence-corrected chi connectivity index (χ4v) is 3.97. The second kappa shape index (κ2) is 9.81. The predicted octanol–water partition coefficient (Wildman–Crippen LogP) is 4.47.